The number of rotatable bonds is 3. The molecule has 4 rings (SSSR count). The second kappa shape index (κ2) is 8.54. The van der Waals surface area contributed by atoms with Gasteiger partial charge >= 0.3 is 6.03 Å². The van der Waals surface area contributed by atoms with E-state index < -0.39 is 5.91 Å². The lowest BCUT2D eigenvalue weighted by molar-refractivity contribution is 0.0997. The van der Waals surface area contributed by atoms with Crippen molar-refractivity contribution in [2.45, 2.75) is 20.0 Å². The Labute approximate surface area is 194 Å². The molecule has 0 fully saturated rings. The van der Waals surface area contributed by atoms with Gasteiger partial charge in [0.15, 0.2) is 0 Å². The highest BCUT2D eigenvalue weighted by Gasteiger charge is 2.29. The van der Waals surface area contributed by atoms with Gasteiger partial charge in [0.1, 0.15) is 5.69 Å². The van der Waals surface area contributed by atoms with Crippen molar-refractivity contribution < 1.29 is 9.59 Å². The molecule has 3 amide bonds. The fraction of sp³-hybridized carbons (Fsp3) is 0.182. The average molecular weight is 469 g/mol. The van der Waals surface area contributed by atoms with Gasteiger partial charge in [0.2, 0.25) is 5.69 Å². The average Bonchev–Trinajstić information content (AvgIpc) is 3.14. The van der Waals surface area contributed by atoms with Crippen molar-refractivity contribution in [3.63, 3.8) is 0 Å². The minimum Gasteiger partial charge on any atom is -0.365 e. The molecule has 1 aliphatic rings. The number of nitrogens with two attached hydrogens (primary N) is 1. The van der Waals surface area contributed by atoms with Crippen LogP contribution in [0.2, 0.25) is 10.0 Å². The molecule has 0 atom stereocenters. The number of urea groups is 1. The summed E-state index contributed by atoms with van der Waals surface area (Å²) in [6.07, 6.45) is 0. The highest BCUT2D eigenvalue weighted by atomic mass is 35.5. The Morgan fingerprint density at radius 1 is 1.16 bits per heavy atom. The zero-order valence-corrected chi connectivity index (χ0v) is 18.5. The summed E-state index contributed by atoms with van der Waals surface area (Å²) >= 11 is 12.3. The van der Waals surface area contributed by atoms with Crippen LogP contribution in [0.25, 0.3) is 16.1 Å². The van der Waals surface area contributed by atoms with Gasteiger partial charge in [0, 0.05) is 27.8 Å². The summed E-state index contributed by atoms with van der Waals surface area (Å²) in [5, 5.41) is 8.17. The molecule has 1 aromatic heterocycles. The highest BCUT2D eigenvalue weighted by molar-refractivity contribution is 6.33. The van der Waals surface area contributed by atoms with Gasteiger partial charge in [-0.05, 0) is 30.7 Å². The molecule has 0 radical (unpaired) electrons. The molecule has 0 aliphatic carbocycles. The van der Waals surface area contributed by atoms with Gasteiger partial charge in [-0.2, -0.15) is 5.10 Å². The van der Waals surface area contributed by atoms with Crippen molar-refractivity contribution >= 4 is 46.5 Å². The summed E-state index contributed by atoms with van der Waals surface area (Å²) in [5.74, 6) is -0.623. The van der Waals surface area contributed by atoms with Crippen molar-refractivity contribution in [2.24, 2.45) is 5.73 Å². The Balaban J connectivity index is 1.61. The van der Waals surface area contributed by atoms with E-state index >= 15 is 0 Å². The number of aromatic nitrogens is 2. The first kappa shape index (κ1) is 21.7. The number of amides is 3. The number of carbonyl (C=O) groups excluding carboxylic acids is 2. The maximum absolute atomic E-state index is 12.8. The third-order valence-electron chi connectivity index (χ3n) is 5.28. The van der Waals surface area contributed by atoms with Crippen molar-refractivity contribution in [1.82, 2.24) is 14.7 Å². The molecule has 32 heavy (non-hydrogen) atoms. The first-order chi connectivity index (χ1) is 15.3. The van der Waals surface area contributed by atoms with E-state index in [-0.39, 0.29) is 23.2 Å². The standard InChI is InChI=1S/C22H18Cl2N6O2/c1-12-3-4-13(9-15(12)23)20-19(21(25)31)18-11-29(7-8-30(18)28-20)22(32)27-14-5-6-17(26-2)16(24)10-14/h3-6,9-10H,7-8,11H2,1H3,(H2,25,31)(H,27,32). The number of aryl methyl sites for hydroxylation is 1. The highest BCUT2D eigenvalue weighted by Crippen LogP contribution is 2.31. The molecule has 8 nitrogen and oxygen atoms in total. The predicted octanol–water partition coefficient (Wildman–Crippen LogP) is 4.86. The molecule has 0 unspecified atom stereocenters. The van der Waals surface area contributed by atoms with Crippen LogP contribution >= 0.6 is 23.2 Å². The Kier molecular flexibility index (Phi) is 5.78. The van der Waals surface area contributed by atoms with Crippen LogP contribution < -0.4 is 11.1 Å². The number of nitrogens with zero attached hydrogens (tertiary/aromatic N) is 4. The van der Waals surface area contributed by atoms with E-state index in [4.69, 9.17) is 35.5 Å². The zero-order chi connectivity index (χ0) is 23.0. The summed E-state index contributed by atoms with van der Waals surface area (Å²) in [6, 6.07) is 9.75. The van der Waals surface area contributed by atoms with Gasteiger partial charge in [-0.15, -0.1) is 0 Å². The lowest BCUT2D eigenvalue weighted by atomic mass is 10.0. The van der Waals surface area contributed by atoms with E-state index in [2.05, 4.69) is 15.3 Å². The maximum atomic E-state index is 12.8. The number of halogens is 2. The predicted molar refractivity (Wildman–Crippen MR) is 123 cm³/mol. The van der Waals surface area contributed by atoms with Crippen molar-refractivity contribution in [2.75, 3.05) is 11.9 Å². The molecular formula is C22H18Cl2N6O2. The smallest absolute Gasteiger partial charge is 0.322 e. The van der Waals surface area contributed by atoms with Crippen molar-refractivity contribution in [1.29, 1.82) is 0 Å². The van der Waals surface area contributed by atoms with Gasteiger partial charge in [0.25, 0.3) is 5.91 Å². The second-order valence-electron chi connectivity index (χ2n) is 7.35. The molecule has 2 heterocycles. The number of hydrogen-bond donors (Lipinski definition) is 2. The minimum absolute atomic E-state index is 0.157. The van der Waals surface area contributed by atoms with E-state index in [0.717, 1.165) is 5.56 Å². The van der Waals surface area contributed by atoms with Gasteiger partial charge in [-0.3, -0.25) is 9.48 Å². The van der Waals surface area contributed by atoms with Gasteiger partial charge in [0.05, 0.1) is 30.9 Å². The lowest BCUT2D eigenvalue weighted by Gasteiger charge is -2.28. The third kappa shape index (κ3) is 4.00. The second-order valence-corrected chi connectivity index (χ2v) is 8.17. The lowest BCUT2D eigenvalue weighted by Crippen LogP contribution is -2.41. The van der Waals surface area contributed by atoms with Crippen LogP contribution in [-0.2, 0) is 13.1 Å². The van der Waals surface area contributed by atoms with Crippen molar-refractivity contribution in [3.8, 4) is 11.3 Å². The summed E-state index contributed by atoms with van der Waals surface area (Å²) in [4.78, 5) is 30.0. The van der Waals surface area contributed by atoms with Crippen molar-refractivity contribution in [3.05, 3.63) is 74.7 Å². The number of nitrogens with one attached hydrogen (secondary N) is 1. The van der Waals surface area contributed by atoms with Crippen LogP contribution in [0.1, 0.15) is 21.6 Å². The molecule has 0 saturated carbocycles. The number of carbonyl (C=O) groups is 2. The van der Waals surface area contributed by atoms with E-state index in [1.165, 1.54) is 6.07 Å². The van der Waals surface area contributed by atoms with Gasteiger partial charge < -0.3 is 16.0 Å². The molecule has 0 saturated heterocycles. The summed E-state index contributed by atoms with van der Waals surface area (Å²) in [5.41, 5.74) is 9.34. The fourth-order valence-corrected chi connectivity index (χ4v) is 3.97. The van der Waals surface area contributed by atoms with Crippen LogP contribution in [-0.4, -0.2) is 33.2 Å². The number of anilines is 1. The molecular weight excluding hydrogens is 451 g/mol. The quantitative estimate of drug-likeness (QED) is 0.536. The number of fused-ring (bicyclic) bond motifs is 1. The van der Waals surface area contributed by atoms with Crippen LogP contribution in [0.5, 0.6) is 0 Å². The molecule has 2 aromatic carbocycles. The Bertz CT molecular complexity index is 1290. The molecule has 1 aliphatic heterocycles. The molecule has 10 heteroatoms. The Morgan fingerprint density at radius 3 is 2.59 bits per heavy atom. The molecule has 3 N–H and O–H groups in total. The maximum Gasteiger partial charge on any atom is 0.322 e. The zero-order valence-electron chi connectivity index (χ0n) is 17.0. The normalized spacial score (nSPS) is 12.8. The SMILES string of the molecule is [C-]#[N+]c1ccc(NC(=O)N2CCn3nc(-c4ccc(C)c(Cl)c4)c(C(N)=O)c3C2)cc1Cl. The number of primary amides is 1. The molecule has 162 valence electrons. The molecule has 0 bridgehead atoms. The first-order valence-corrected chi connectivity index (χ1v) is 10.4. The van der Waals surface area contributed by atoms with E-state index in [0.29, 0.717) is 46.4 Å². The molecule has 0 spiro atoms. The topological polar surface area (TPSA) is 97.6 Å². The van der Waals surface area contributed by atoms with E-state index in [1.54, 1.807) is 27.8 Å². The first-order valence-electron chi connectivity index (χ1n) is 9.67. The van der Waals surface area contributed by atoms with Crippen LogP contribution in [0.15, 0.2) is 36.4 Å². The summed E-state index contributed by atoms with van der Waals surface area (Å²) in [6.45, 7) is 9.90. The molecule has 3 aromatic rings. The van der Waals surface area contributed by atoms with E-state index in [1.807, 2.05) is 19.1 Å². The van der Waals surface area contributed by atoms with Gasteiger partial charge in [-0.25, -0.2) is 9.64 Å². The Hall–Kier alpha value is -3.54. The summed E-state index contributed by atoms with van der Waals surface area (Å²) in [7, 11) is 0. The Morgan fingerprint density at radius 2 is 1.94 bits per heavy atom. The van der Waals surface area contributed by atoms with Crippen LogP contribution in [0.3, 0.4) is 0 Å². The largest absolute Gasteiger partial charge is 0.365 e. The summed E-state index contributed by atoms with van der Waals surface area (Å²) < 4.78 is 1.70. The number of benzene rings is 2. The monoisotopic (exact) mass is 468 g/mol. The van der Waals surface area contributed by atoms with Crippen LogP contribution in [0.4, 0.5) is 16.2 Å². The van der Waals surface area contributed by atoms with Crippen LogP contribution in [0, 0.1) is 13.5 Å². The fourth-order valence-electron chi connectivity index (χ4n) is 3.57. The van der Waals surface area contributed by atoms with Gasteiger partial charge in [-0.1, -0.05) is 41.4 Å². The third-order valence-corrected chi connectivity index (χ3v) is 5.99. The van der Waals surface area contributed by atoms with E-state index in [9.17, 15) is 9.59 Å². The minimum atomic E-state index is -0.623. The number of hydrogen-bond acceptors (Lipinski definition) is 3.